The van der Waals surface area contributed by atoms with Crippen LogP contribution in [0.4, 0.5) is 5.82 Å². The van der Waals surface area contributed by atoms with Gasteiger partial charge >= 0.3 is 0 Å². The van der Waals surface area contributed by atoms with Crippen LogP contribution in [0, 0.1) is 0 Å². The molecular weight excluding hydrogens is 288 g/mol. The number of hydrogen-bond donors (Lipinski definition) is 0. The predicted molar refractivity (Wildman–Crippen MR) is 92.2 cm³/mol. The Kier molecular flexibility index (Phi) is 6.74. The minimum absolute atomic E-state index is 0.655. The normalized spacial score (nSPS) is 24.1. The van der Waals surface area contributed by atoms with Crippen LogP contribution in [-0.4, -0.2) is 34.5 Å². The van der Waals surface area contributed by atoms with Gasteiger partial charge in [0.15, 0.2) is 6.26 Å². The zero-order chi connectivity index (χ0) is 15.7. The Morgan fingerprint density at radius 1 is 0.783 bits per heavy atom. The van der Waals surface area contributed by atoms with Crippen molar-refractivity contribution in [1.29, 1.82) is 0 Å². The summed E-state index contributed by atoms with van der Waals surface area (Å²) in [5.74, 6) is 0.895. The molecule has 0 amide bonds. The molecule has 1 aliphatic heterocycles. The SMILES string of the molecule is c1onnc1N1CCCCCCCN1C1CCCCCCCC1. The average Bonchev–Trinajstić information content (AvgIpc) is 3.14. The zero-order valence-corrected chi connectivity index (χ0v) is 14.5. The lowest BCUT2D eigenvalue weighted by molar-refractivity contribution is 0.152. The Hall–Kier alpha value is -1.10. The monoisotopic (exact) mass is 320 g/mol. The zero-order valence-electron chi connectivity index (χ0n) is 14.5. The van der Waals surface area contributed by atoms with Crippen LogP contribution in [0.1, 0.15) is 83.5 Å². The molecule has 0 atom stereocenters. The molecule has 0 unspecified atom stereocenters. The minimum atomic E-state index is 0.655. The molecule has 23 heavy (non-hydrogen) atoms. The summed E-state index contributed by atoms with van der Waals surface area (Å²) in [5.41, 5.74) is 0. The smallest absolute Gasteiger partial charge is 0.207 e. The van der Waals surface area contributed by atoms with Crippen molar-refractivity contribution in [3.05, 3.63) is 6.26 Å². The third-order valence-corrected chi connectivity index (χ3v) is 5.43. The largest absolute Gasteiger partial charge is 0.343 e. The number of rotatable bonds is 2. The van der Waals surface area contributed by atoms with Crippen LogP contribution in [-0.2, 0) is 0 Å². The van der Waals surface area contributed by atoms with E-state index < -0.39 is 0 Å². The van der Waals surface area contributed by atoms with Crippen molar-refractivity contribution < 1.29 is 4.52 Å². The molecular formula is C18H32N4O. The third-order valence-electron chi connectivity index (χ3n) is 5.43. The number of aromatic nitrogens is 2. The average molecular weight is 320 g/mol. The van der Waals surface area contributed by atoms with Crippen LogP contribution in [0.2, 0.25) is 0 Å². The first-order valence-electron chi connectivity index (χ1n) is 9.76. The van der Waals surface area contributed by atoms with Crippen LogP contribution < -0.4 is 5.01 Å². The lowest BCUT2D eigenvalue weighted by Crippen LogP contribution is -2.50. The molecule has 1 aromatic heterocycles. The molecule has 1 aliphatic carbocycles. The van der Waals surface area contributed by atoms with E-state index in [0.717, 1.165) is 18.9 Å². The number of anilines is 1. The van der Waals surface area contributed by atoms with Crippen molar-refractivity contribution in [2.24, 2.45) is 0 Å². The Morgan fingerprint density at radius 3 is 2.04 bits per heavy atom. The van der Waals surface area contributed by atoms with E-state index in [9.17, 15) is 0 Å². The summed E-state index contributed by atoms with van der Waals surface area (Å²) in [5, 5.41) is 12.9. The molecule has 5 heteroatoms. The van der Waals surface area contributed by atoms with Gasteiger partial charge in [0.1, 0.15) is 0 Å². The molecule has 3 rings (SSSR count). The number of hydrazine groups is 1. The van der Waals surface area contributed by atoms with Crippen LogP contribution in [0.25, 0.3) is 0 Å². The molecule has 1 saturated heterocycles. The summed E-state index contributed by atoms with van der Waals surface area (Å²) >= 11 is 0. The standard InChI is InChI=1S/C18H32N4O/c1-2-5-9-13-17(12-8-4-1)21-14-10-6-3-7-11-15-22(21)18-16-23-20-19-18/h16-17H,1-15H2. The van der Waals surface area contributed by atoms with Crippen molar-refractivity contribution in [1.82, 2.24) is 15.4 Å². The van der Waals surface area contributed by atoms with E-state index in [4.69, 9.17) is 4.52 Å². The van der Waals surface area contributed by atoms with Crippen LogP contribution in [0.3, 0.4) is 0 Å². The summed E-state index contributed by atoms with van der Waals surface area (Å²) in [7, 11) is 0. The summed E-state index contributed by atoms with van der Waals surface area (Å²) in [6.07, 6.45) is 19.3. The summed E-state index contributed by atoms with van der Waals surface area (Å²) < 4.78 is 5.04. The molecule has 0 spiro atoms. The van der Waals surface area contributed by atoms with Gasteiger partial charge in [-0.05, 0) is 25.7 Å². The molecule has 0 radical (unpaired) electrons. The van der Waals surface area contributed by atoms with Gasteiger partial charge in [-0.3, -0.25) is 5.01 Å². The summed E-state index contributed by atoms with van der Waals surface area (Å²) in [4.78, 5) is 0. The van der Waals surface area contributed by atoms with E-state index in [1.54, 1.807) is 6.26 Å². The molecule has 130 valence electrons. The van der Waals surface area contributed by atoms with Crippen molar-refractivity contribution in [3.8, 4) is 0 Å². The Balaban J connectivity index is 1.76. The molecule has 0 aromatic carbocycles. The number of nitrogens with zero attached hydrogens (tertiary/aromatic N) is 4. The van der Waals surface area contributed by atoms with Crippen LogP contribution in [0.5, 0.6) is 0 Å². The van der Waals surface area contributed by atoms with Gasteiger partial charge in [-0.15, -0.1) is 0 Å². The number of hydrogen-bond acceptors (Lipinski definition) is 5. The highest BCUT2D eigenvalue weighted by Crippen LogP contribution is 2.26. The molecule has 2 heterocycles. The highest BCUT2D eigenvalue weighted by atomic mass is 16.5. The fourth-order valence-corrected chi connectivity index (χ4v) is 4.12. The van der Waals surface area contributed by atoms with Crippen molar-refractivity contribution in [3.63, 3.8) is 0 Å². The fraction of sp³-hybridized carbons (Fsp3) is 0.889. The van der Waals surface area contributed by atoms with Gasteiger partial charge in [-0.1, -0.05) is 62.9 Å². The molecule has 0 bridgehead atoms. The maximum Gasteiger partial charge on any atom is 0.207 e. The van der Waals surface area contributed by atoms with Crippen molar-refractivity contribution >= 4 is 5.82 Å². The Bertz CT molecular complexity index is 413. The first-order chi connectivity index (χ1) is 11.4. The van der Waals surface area contributed by atoms with Gasteiger partial charge in [0, 0.05) is 24.4 Å². The molecule has 5 nitrogen and oxygen atoms in total. The second-order valence-corrected chi connectivity index (χ2v) is 7.17. The molecule has 1 aromatic rings. The molecule has 2 fully saturated rings. The molecule has 2 aliphatic rings. The van der Waals surface area contributed by atoms with Gasteiger partial charge in [-0.2, -0.15) is 0 Å². The van der Waals surface area contributed by atoms with Gasteiger partial charge in [0.05, 0.1) is 0 Å². The molecule has 0 N–H and O–H groups in total. The molecule has 1 saturated carbocycles. The second kappa shape index (κ2) is 9.26. The van der Waals surface area contributed by atoms with Gasteiger partial charge in [-0.25, -0.2) is 5.01 Å². The summed E-state index contributed by atoms with van der Waals surface area (Å²) in [6.45, 7) is 2.20. The van der Waals surface area contributed by atoms with Crippen molar-refractivity contribution in [2.45, 2.75) is 89.5 Å². The maximum atomic E-state index is 5.04. The highest BCUT2D eigenvalue weighted by molar-refractivity contribution is 5.31. The fourth-order valence-electron chi connectivity index (χ4n) is 4.12. The van der Waals surface area contributed by atoms with Gasteiger partial charge < -0.3 is 4.52 Å². The Labute approximate surface area is 140 Å². The van der Waals surface area contributed by atoms with Crippen LogP contribution in [0.15, 0.2) is 10.8 Å². The van der Waals surface area contributed by atoms with E-state index in [0.29, 0.717) is 6.04 Å². The van der Waals surface area contributed by atoms with E-state index in [-0.39, 0.29) is 0 Å². The van der Waals surface area contributed by atoms with Gasteiger partial charge in [0.25, 0.3) is 0 Å². The summed E-state index contributed by atoms with van der Waals surface area (Å²) in [6, 6.07) is 0.655. The minimum Gasteiger partial charge on any atom is -0.343 e. The first-order valence-corrected chi connectivity index (χ1v) is 9.76. The van der Waals surface area contributed by atoms with Crippen LogP contribution >= 0.6 is 0 Å². The van der Waals surface area contributed by atoms with Crippen molar-refractivity contribution in [2.75, 3.05) is 18.1 Å². The highest BCUT2D eigenvalue weighted by Gasteiger charge is 2.27. The predicted octanol–water partition coefficient (Wildman–Crippen LogP) is 4.56. The lowest BCUT2D eigenvalue weighted by Gasteiger charge is -2.40. The third kappa shape index (κ3) is 4.93. The van der Waals surface area contributed by atoms with E-state index in [2.05, 4.69) is 20.4 Å². The van der Waals surface area contributed by atoms with Gasteiger partial charge in [0.2, 0.25) is 5.82 Å². The second-order valence-electron chi connectivity index (χ2n) is 7.17. The maximum absolute atomic E-state index is 5.04. The lowest BCUT2D eigenvalue weighted by atomic mass is 10.0. The topological polar surface area (TPSA) is 45.4 Å². The van der Waals surface area contributed by atoms with E-state index in [1.807, 2.05) is 0 Å². The van der Waals surface area contributed by atoms with E-state index >= 15 is 0 Å². The quantitative estimate of drug-likeness (QED) is 0.799. The van der Waals surface area contributed by atoms with E-state index in [1.165, 1.54) is 83.5 Å². The Morgan fingerprint density at radius 2 is 1.39 bits per heavy atom. The first kappa shape index (κ1) is 16.7.